The normalized spacial score (nSPS) is 13.8. The second-order valence-electron chi connectivity index (χ2n) is 5.17. The van der Waals surface area contributed by atoms with Crippen LogP contribution in [0.3, 0.4) is 0 Å². The third kappa shape index (κ3) is 2.26. The molecular formula is C12H13N3O6. The highest BCUT2D eigenvalue weighted by Crippen LogP contribution is 2.57. The number of hydrogen-bond acceptors (Lipinski definition) is 6. The molecule has 2 aliphatic rings. The van der Waals surface area contributed by atoms with Crippen LogP contribution in [0, 0.1) is 26.1 Å². The standard InChI is InChI=1S/C12H13N3O6/c1-6(2)5-9(12(16)17)13-7-3-4-8(14(18)19)10(13)11(7)15(20)21/h3-4,6,9H,5H2,1-2H3,(H,16,17). The number of benzene rings is 1. The first-order chi connectivity index (χ1) is 9.75. The predicted molar refractivity (Wildman–Crippen MR) is 72.8 cm³/mol. The minimum absolute atomic E-state index is 0.0238. The number of anilines is 2. The summed E-state index contributed by atoms with van der Waals surface area (Å²) in [4.78, 5) is 33.1. The van der Waals surface area contributed by atoms with Crippen LogP contribution in [0.1, 0.15) is 20.3 Å². The highest BCUT2D eigenvalue weighted by molar-refractivity contribution is 6.02. The topological polar surface area (TPSA) is 127 Å². The molecule has 1 N–H and O–H groups in total. The lowest BCUT2D eigenvalue weighted by molar-refractivity contribution is -0.393. The van der Waals surface area contributed by atoms with Crippen molar-refractivity contribution in [2.75, 3.05) is 4.90 Å². The van der Waals surface area contributed by atoms with E-state index in [1.165, 1.54) is 11.0 Å². The van der Waals surface area contributed by atoms with E-state index in [-0.39, 0.29) is 29.4 Å². The molecule has 0 radical (unpaired) electrons. The summed E-state index contributed by atoms with van der Waals surface area (Å²) in [7, 11) is 0. The molecule has 2 heterocycles. The summed E-state index contributed by atoms with van der Waals surface area (Å²) in [5, 5.41) is 31.3. The van der Waals surface area contributed by atoms with Crippen LogP contribution in [-0.4, -0.2) is 27.0 Å². The highest BCUT2D eigenvalue weighted by Gasteiger charge is 2.49. The number of carboxylic acids is 1. The fourth-order valence-corrected chi connectivity index (χ4v) is 2.47. The number of aliphatic carboxylic acids is 1. The van der Waals surface area contributed by atoms with Gasteiger partial charge in [-0.3, -0.25) is 20.2 Å². The summed E-state index contributed by atoms with van der Waals surface area (Å²) >= 11 is 0. The van der Waals surface area contributed by atoms with Gasteiger partial charge in [-0.15, -0.1) is 0 Å². The lowest BCUT2D eigenvalue weighted by Gasteiger charge is -2.37. The van der Waals surface area contributed by atoms with Crippen molar-refractivity contribution in [2.45, 2.75) is 26.3 Å². The first-order valence-electron chi connectivity index (χ1n) is 6.23. The maximum absolute atomic E-state index is 11.4. The molecule has 2 bridgehead atoms. The SMILES string of the molecule is CC(C)CC(C(=O)O)N1c2ccc([N+](=O)[O-])c1c2[N+](=O)[O-]. The Morgan fingerprint density at radius 2 is 1.90 bits per heavy atom. The number of carboxylic acid groups (broad SMARTS) is 1. The van der Waals surface area contributed by atoms with Crippen molar-refractivity contribution in [3.05, 3.63) is 32.4 Å². The Morgan fingerprint density at radius 3 is 2.33 bits per heavy atom. The van der Waals surface area contributed by atoms with E-state index in [1.54, 1.807) is 0 Å². The molecule has 21 heavy (non-hydrogen) atoms. The van der Waals surface area contributed by atoms with Gasteiger partial charge in [0.05, 0.1) is 9.85 Å². The Labute approximate surface area is 119 Å². The third-order valence-electron chi connectivity index (χ3n) is 3.28. The molecule has 0 spiro atoms. The Kier molecular flexibility index (Phi) is 3.50. The fraction of sp³-hybridized carbons (Fsp3) is 0.417. The number of carbonyl (C=O) groups is 1. The average molecular weight is 295 g/mol. The second-order valence-corrected chi connectivity index (χ2v) is 5.17. The molecule has 0 aliphatic carbocycles. The van der Waals surface area contributed by atoms with Gasteiger partial charge in [-0.1, -0.05) is 13.8 Å². The molecule has 3 rings (SSSR count). The monoisotopic (exact) mass is 295 g/mol. The molecule has 9 nitrogen and oxygen atoms in total. The van der Waals surface area contributed by atoms with Crippen molar-refractivity contribution in [2.24, 2.45) is 5.92 Å². The summed E-state index contributed by atoms with van der Waals surface area (Å²) < 4.78 is 0. The quantitative estimate of drug-likeness (QED) is 0.630. The Morgan fingerprint density at radius 1 is 1.29 bits per heavy atom. The maximum Gasteiger partial charge on any atom is 0.326 e. The van der Waals surface area contributed by atoms with Crippen LogP contribution < -0.4 is 4.90 Å². The summed E-state index contributed by atoms with van der Waals surface area (Å²) in [5.74, 6) is -1.14. The van der Waals surface area contributed by atoms with Crippen molar-refractivity contribution >= 4 is 28.7 Å². The van der Waals surface area contributed by atoms with Crippen LogP contribution >= 0.6 is 0 Å². The van der Waals surface area contributed by atoms with E-state index in [1.807, 2.05) is 13.8 Å². The van der Waals surface area contributed by atoms with Gasteiger partial charge in [-0.2, -0.15) is 0 Å². The van der Waals surface area contributed by atoms with Gasteiger partial charge in [-0.25, -0.2) is 4.79 Å². The largest absolute Gasteiger partial charge is 0.480 e. The minimum Gasteiger partial charge on any atom is -0.480 e. The minimum atomic E-state index is -1.17. The van der Waals surface area contributed by atoms with Crippen molar-refractivity contribution in [3.8, 4) is 0 Å². The molecule has 0 aromatic heterocycles. The van der Waals surface area contributed by atoms with Gasteiger partial charge in [-0.05, 0) is 18.4 Å². The molecule has 0 amide bonds. The lowest BCUT2D eigenvalue weighted by Crippen LogP contribution is -2.43. The molecule has 1 atom stereocenters. The molecule has 9 heteroatoms. The first kappa shape index (κ1) is 14.7. The van der Waals surface area contributed by atoms with Crippen molar-refractivity contribution in [1.29, 1.82) is 0 Å². The third-order valence-corrected chi connectivity index (χ3v) is 3.28. The Bertz CT molecular complexity index is 623. The van der Waals surface area contributed by atoms with E-state index in [0.29, 0.717) is 0 Å². The van der Waals surface area contributed by atoms with E-state index < -0.39 is 27.5 Å². The van der Waals surface area contributed by atoms with Gasteiger partial charge < -0.3 is 10.0 Å². The van der Waals surface area contributed by atoms with Crippen LogP contribution in [0.5, 0.6) is 0 Å². The number of nitro groups is 2. The molecular weight excluding hydrogens is 282 g/mol. The van der Waals surface area contributed by atoms with E-state index in [2.05, 4.69) is 0 Å². The Balaban J connectivity index is 2.52. The van der Waals surface area contributed by atoms with Gasteiger partial charge in [0.2, 0.25) is 5.69 Å². The summed E-state index contributed by atoms with van der Waals surface area (Å²) in [6.07, 6.45) is 0.228. The number of rotatable bonds is 6. The van der Waals surface area contributed by atoms with Gasteiger partial charge in [0.1, 0.15) is 11.7 Å². The average Bonchev–Trinajstić information content (AvgIpc) is 2.36. The van der Waals surface area contributed by atoms with E-state index in [9.17, 15) is 30.1 Å². The van der Waals surface area contributed by atoms with Gasteiger partial charge in [0.25, 0.3) is 5.69 Å². The Hall–Kier alpha value is -2.71. The van der Waals surface area contributed by atoms with E-state index >= 15 is 0 Å². The summed E-state index contributed by atoms with van der Waals surface area (Å²) in [6.45, 7) is 3.62. The van der Waals surface area contributed by atoms with Crippen molar-refractivity contribution in [3.63, 3.8) is 0 Å². The maximum atomic E-state index is 11.4. The smallest absolute Gasteiger partial charge is 0.326 e. The van der Waals surface area contributed by atoms with Crippen molar-refractivity contribution in [1.82, 2.24) is 0 Å². The number of nitrogens with zero attached hydrogens (tertiary/aromatic N) is 3. The zero-order valence-electron chi connectivity index (χ0n) is 11.3. The highest BCUT2D eigenvalue weighted by atomic mass is 16.6. The van der Waals surface area contributed by atoms with Crippen LogP contribution in [0.4, 0.5) is 22.7 Å². The van der Waals surface area contributed by atoms with Gasteiger partial charge >= 0.3 is 11.7 Å². The fourth-order valence-electron chi connectivity index (χ4n) is 2.47. The van der Waals surface area contributed by atoms with Crippen LogP contribution in [0.15, 0.2) is 12.1 Å². The van der Waals surface area contributed by atoms with Crippen molar-refractivity contribution < 1.29 is 19.7 Å². The predicted octanol–water partition coefficient (Wildman–Crippen LogP) is 2.45. The molecule has 0 saturated carbocycles. The second kappa shape index (κ2) is 5.00. The molecule has 2 aliphatic heterocycles. The number of fused-ring (bicyclic) bond motifs is 2. The summed E-state index contributed by atoms with van der Waals surface area (Å²) in [6, 6.07) is 1.32. The molecule has 112 valence electrons. The molecule has 1 aromatic rings. The molecule has 0 saturated heterocycles. The number of hydrogen-bond donors (Lipinski definition) is 1. The molecule has 0 fully saturated rings. The van der Waals surface area contributed by atoms with Gasteiger partial charge in [0.15, 0.2) is 0 Å². The van der Waals surface area contributed by atoms with Gasteiger partial charge in [0, 0.05) is 6.07 Å². The van der Waals surface area contributed by atoms with E-state index in [0.717, 1.165) is 6.07 Å². The summed E-state index contributed by atoms with van der Waals surface area (Å²) in [5.41, 5.74) is -0.963. The molecule has 1 unspecified atom stereocenters. The molecule has 1 aromatic carbocycles. The lowest BCUT2D eigenvalue weighted by atomic mass is 9.95. The van der Waals surface area contributed by atoms with E-state index in [4.69, 9.17) is 0 Å². The van der Waals surface area contributed by atoms with Crippen LogP contribution in [-0.2, 0) is 4.79 Å². The number of nitro benzene ring substituents is 2. The zero-order valence-corrected chi connectivity index (χ0v) is 11.3. The van der Waals surface area contributed by atoms with Crippen LogP contribution in [0.25, 0.3) is 0 Å². The van der Waals surface area contributed by atoms with Crippen LogP contribution in [0.2, 0.25) is 0 Å². The zero-order chi connectivity index (χ0) is 15.9. The first-order valence-corrected chi connectivity index (χ1v) is 6.23.